The largest absolute Gasteiger partial charge is 0.330 e. The van der Waals surface area contributed by atoms with Gasteiger partial charge in [0, 0.05) is 38.4 Å². The van der Waals surface area contributed by atoms with Gasteiger partial charge in [-0.1, -0.05) is 0 Å². The van der Waals surface area contributed by atoms with E-state index < -0.39 is 0 Å². The molecule has 0 spiro atoms. The van der Waals surface area contributed by atoms with Crippen LogP contribution in [0, 0.1) is 0 Å². The summed E-state index contributed by atoms with van der Waals surface area (Å²) in [5, 5.41) is 8.38. The van der Waals surface area contributed by atoms with Gasteiger partial charge in [0.15, 0.2) is 11.6 Å². The van der Waals surface area contributed by atoms with Crippen LogP contribution in [0.15, 0.2) is 43.2 Å². The first-order chi connectivity index (χ1) is 12.2. The van der Waals surface area contributed by atoms with Gasteiger partial charge in [-0.2, -0.15) is 0 Å². The summed E-state index contributed by atoms with van der Waals surface area (Å²) in [5.41, 5.74) is 1.12. The lowest BCUT2D eigenvalue weighted by atomic mass is 10.2. The Morgan fingerprint density at radius 2 is 2.12 bits per heavy atom. The number of hydrogen-bond acceptors (Lipinski definition) is 5. The third-order valence-electron chi connectivity index (χ3n) is 4.57. The first-order valence-electron chi connectivity index (χ1n) is 8.29. The number of pyridine rings is 1. The Hall–Kier alpha value is -3.03. The molecule has 8 heteroatoms. The second kappa shape index (κ2) is 6.46. The molecule has 1 amide bonds. The maximum atomic E-state index is 12.9. The van der Waals surface area contributed by atoms with Gasteiger partial charge >= 0.3 is 0 Å². The number of carbonyl (C=O) groups excluding carboxylic acids is 1. The first-order valence-corrected chi connectivity index (χ1v) is 8.29. The fraction of sp³-hybridized carbons (Fsp3) is 0.353. The summed E-state index contributed by atoms with van der Waals surface area (Å²) in [6.07, 6.45) is 10.5. The van der Waals surface area contributed by atoms with Crippen LogP contribution >= 0.6 is 0 Å². The molecular weight excluding hydrogens is 318 g/mol. The minimum atomic E-state index is -0.0754. The Morgan fingerprint density at radius 1 is 1.28 bits per heavy atom. The molecule has 0 aliphatic carbocycles. The minimum Gasteiger partial charge on any atom is -0.330 e. The molecule has 4 rings (SSSR count). The molecule has 1 fully saturated rings. The zero-order valence-corrected chi connectivity index (χ0v) is 14.0. The number of aromatic nitrogens is 6. The number of rotatable bonds is 4. The van der Waals surface area contributed by atoms with Gasteiger partial charge in [0.1, 0.15) is 6.33 Å². The maximum absolute atomic E-state index is 12.9. The molecule has 1 aliphatic heterocycles. The quantitative estimate of drug-likeness (QED) is 0.719. The van der Waals surface area contributed by atoms with Gasteiger partial charge in [-0.3, -0.25) is 9.78 Å². The van der Waals surface area contributed by atoms with Crippen molar-refractivity contribution in [1.82, 2.24) is 34.2 Å². The normalized spacial score (nSPS) is 17.2. The van der Waals surface area contributed by atoms with Crippen molar-refractivity contribution in [1.29, 1.82) is 0 Å². The van der Waals surface area contributed by atoms with Gasteiger partial charge in [0.05, 0.1) is 12.6 Å². The number of aryl methyl sites for hydroxylation is 1. The molecule has 0 aromatic carbocycles. The molecule has 8 nitrogen and oxygen atoms in total. The summed E-state index contributed by atoms with van der Waals surface area (Å²) in [6, 6.07) is 3.86. The molecule has 1 aliphatic rings. The van der Waals surface area contributed by atoms with E-state index >= 15 is 0 Å². The predicted molar refractivity (Wildman–Crippen MR) is 89.6 cm³/mol. The van der Waals surface area contributed by atoms with Gasteiger partial charge < -0.3 is 14.0 Å². The number of imidazole rings is 1. The average molecular weight is 337 g/mol. The van der Waals surface area contributed by atoms with E-state index in [4.69, 9.17) is 0 Å². The molecule has 3 aromatic heterocycles. The monoisotopic (exact) mass is 337 g/mol. The Kier molecular flexibility index (Phi) is 4.01. The second-order valence-electron chi connectivity index (χ2n) is 6.19. The lowest BCUT2D eigenvalue weighted by Crippen LogP contribution is -2.33. The Labute approximate surface area is 145 Å². The van der Waals surface area contributed by atoms with Crippen LogP contribution in [0.1, 0.15) is 40.9 Å². The molecule has 25 heavy (non-hydrogen) atoms. The number of amides is 1. The van der Waals surface area contributed by atoms with Crippen molar-refractivity contribution in [2.24, 2.45) is 7.05 Å². The van der Waals surface area contributed by atoms with Crippen molar-refractivity contribution >= 4 is 5.91 Å². The van der Waals surface area contributed by atoms with Crippen LogP contribution in [0.2, 0.25) is 0 Å². The molecule has 0 saturated carbocycles. The van der Waals surface area contributed by atoms with E-state index in [1.165, 1.54) is 0 Å². The molecule has 1 unspecified atom stereocenters. The summed E-state index contributed by atoms with van der Waals surface area (Å²) in [4.78, 5) is 23.0. The third-order valence-corrected chi connectivity index (χ3v) is 4.57. The highest BCUT2D eigenvalue weighted by atomic mass is 16.2. The summed E-state index contributed by atoms with van der Waals surface area (Å²) < 4.78 is 3.75. The maximum Gasteiger partial charge on any atom is 0.290 e. The highest BCUT2D eigenvalue weighted by Gasteiger charge is 2.35. The van der Waals surface area contributed by atoms with Gasteiger partial charge in [-0.15, -0.1) is 10.2 Å². The van der Waals surface area contributed by atoms with Crippen LogP contribution in [0.4, 0.5) is 0 Å². The van der Waals surface area contributed by atoms with Gasteiger partial charge in [0.2, 0.25) is 0 Å². The highest BCUT2D eigenvalue weighted by molar-refractivity contribution is 5.91. The average Bonchev–Trinajstić information content (AvgIpc) is 3.35. The highest BCUT2D eigenvalue weighted by Crippen LogP contribution is 2.32. The predicted octanol–water partition coefficient (Wildman–Crippen LogP) is 1.43. The van der Waals surface area contributed by atoms with Crippen molar-refractivity contribution in [3.63, 3.8) is 0 Å². The molecule has 1 atom stereocenters. The third kappa shape index (κ3) is 2.90. The zero-order chi connectivity index (χ0) is 17.2. The molecule has 1 saturated heterocycles. The topological polar surface area (TPSA) is 81.7 Å². The van der Waals surface area contributed by atoms with E-state index in [9.17, 15) is 4.79 Å². The van der Waals surface area contributed by atoms with Gasteiger partial charge in [0.25, 0.3) is 5.91 Å². The first kappa shape index (κ1) is 15.5. The van der Waals surface area contributed by atoms with Crippen molar-refractivity contribution in [2.75, 3.05) is 6.54 Å². The molecule has 4 heterocycles. The number of carbonyl (C=O) groups is 1. The molecule has 0 N–H and O–H groups in total. The van der Waals surface area contributed by atoms with Crippen molar-refractivity contribution in [2.45, 2.75) is 25.4 Å². The lowest BCUT2D eigenvalue weighted by molar-refractivity contribution is 0.0711. The Morgan fingerprint density at radius 3 is 2.88 bits per heavy atom. The standard InChI is InChI=1S/C17H19N7O/c1-22-10-8-19-16(22)17(25)24-9-2-3-14(24)15-21-20-12-23(15)11-13-4-6-18-7-5-13/h4-8,10,12,14H,2-3,9,11H2,1H3. The van der Waals surface area contributed by atoms with Crippen molar-refractivity contribution in [3.05, 3.63) is 60.5 Å². The fourth-order valence-corrected chi connectivity index (χ4v) is 3.31. The van der Waals surface area contributed by atoms with Crippen molar-refractivity contribution in [3.8, 4) is 0 Å². The molecular formula is C17H19N7O. The van der Waals surface area contributed by atoms with E-state index in [0.717, 1.165) is 24.2 Å². The van der Waals surface area contributed by atoms with Crippen LogP contribution in [0.3, 0.4) is 0 Å². The lowest BCUT2D eigenvalue weighted by Gasteiger charge is -2.24. The Bertz CT molecular complexity index is 870. The van der Waals surface area contributed by atoms with E-state index in [0.29, 0.717) is 18.9 Å². The minimum absolute atomic E-state index is 0.0616. The molecule has 3 aromatic rings. The zero-order valence-electron chi connectivity index (χ0n) is 14.0. The molecule has 128 valence electrons. The van der Waals surface area contributed by atoms with E-state index in [-0.39, 0.29) is 11.9 Å². The van der Waals surface area contributed by atoms with E-state index in [1.54, 1.807) is 35.7 Å². The van der Waals surface area contributed by atoms with E-state index in [1.807, 2.05) is 28.6 Å². The molecule has 0 bridgehead atoms. The fourth-order valence-electron chi connectivity index (χ4n) is 3.31. The van der Waals surface area contributed by atoms with Gasteiger partial charge in [-0.25, -0.2) is 4.98 Å². The van der Waals surface area contributed by atoms with Crippen LogP contribution in [-0.4, -0.2) is 46.7 Å². The number of likely N-dealkylation sites (tertiary alicyclic amines) is 1. The second-order valence-corrected chi connectivity index (χ2v) is 6.19. The smallest absolute Gasteiger partial charge is 0.290 e. The van der Waals surface area contributed by atoms with Gasteiger partial charge in [-0.05, 0) is 30.5 Å². The number of hydrogen-bond donors (Lipinski definition) is 0. The molecule has 0 radical (unpaired) electrons. The van der Waals surface area contributed by atoms with Crippen LogP contribution < -0.4 is 0 Å². The van der Waals surface area contributed by atoms with Crippen LogP contribution in [0.5, 0.6) is 0 Å². The number of nitrogens with zero attached hydrogens (tertiary/aromatic N) is 7. The summed E-state index contributed by atoms with van der Waals surface area (Å²) in [6.45, 7) is 1.37. The van der Waals surface area contributed by atoms with Crippen molar-refractivity contribution < 1.29 is 4.79 Å². The van der Waals surface area contributed by atoms with Crippen LogP contribution in [0.25, 0.3) is 0 Å². The van der Waals surface area contributed by atoms with Crippen LogP contribution in [-0.2, 0) is 13.6 Å². The summed E-state index contributed by atoms with van der Waals surface area (Å²) in [5.74, 6) is 1.21. The summed E-state index contributed by atoms with van der Waals surface area (Å²) in [7, 11) is 1.83. The summed E-state index contributed by atoms with van der Waals surface area (Å²) >= 11 is 0. The SMILES string of the molecule is Cn1ccnc1C(=O)N1CCCC1c1nncn1Cc1ccncc1. The van der Waals surface area contributed by atoms with E-state index in [2.05, 4.69) is 20.2 Å². The Balaban J connectivity index is 1.60.